The SMILES string of the molecule is CCOC(=O)[C@H](Cc1ccccc1)N1CCN(C(=O)[C@@H](C)NC(=O)[C@H](Cc2ccc(O)cc2)NC(=O)OC(C)(C)C)[C@H](Cc2ccccc2)C1=O. The first-order valence-electron chi connectivity index (χ1n) is 17.2. The lowest BCUT2D eigenvalue weighted by molar-refractivity contribution is -0.163. The number of esters is 1. The summed E-state index contributed by atoms with van der Waals surface area (Å²) >= 11 is 0. The van der Waals surface area contributed by atoms with Crippen molar-refractivity contribution in [3.05, 3.63) is 102 Å². The van der Waals surface area contributed by atoms with Crippen molar-refractivity contribution in [2.45, 2.75) is 83.6 Å². The zero-order chi connectivity index (χ0) is 37.1. The van der Waals surface area contributed by atoms with E-state index in [4.69, 9.17) is 9.47 Å². The maximum atomic E-state index is 14.4. The van der Waals surface area contributed by atoms with E-state index in [0.717, 1.165) is 11.1 Å². The third-order valence-corrected chi connectivity index (χ3v) is 8.40. The van der Waals surface area contributed by atoms with Crippen LogP contribution in [-0.2, 0) is 47.9 Å². The number of piperazine rings is 1. The van der Waals surface area contributed by atoms with Crippen molar-refractivity contribution in [2.24, 2.45) is 0 Å². The number of phenolic OH excluding ortho intramolecular Hbond substituents is 1. The van der Waals surface area contributed by atoms with Crippen molar-refractivity contribution >= 4 is 29.8 Å². The van der Waals surface area contributed by atoms with Crippen LogP contribution >= 0.6 is 0 Å². The number of alkyl carbamates (subject to hydrolysis) is 1. The fourth-order valence-corrected chi connectivity index (χ4v) is 5.96. The largest absolute Gasteiger partial charge is 0.508 e. The summed E-state index contributed by atoms with van der Waals surface area (Å²) in [5.41, 5.74) is 1.51. The molecule has 1 aliphatic heterocycles. The first kappa shape index (κ1) is 38.4. The van der Waals surface area contributed by atoms with Gasteiger partial charge in [0.05, 0.1) is 6.61 Å². The van der Waals surface area contributed by atoms with E-state index in [0.29, 0.717) is 5.56 Å². The molecule has 0 bridgehead atoms. The minimum atomic E-state index is -1.12. The van der Waals surface area contributed by atoms with E-state index in [1.54, 1.807) is 39.8 Å². The van der Waals surface area contributed by atoms with Gasteiger partial charge >= 0.3 is 12.1 Å². The number of ether oxygens (including phenoxy) is 2. The molecule has 4 amide bonds. The van der Waals surface area contributed by atoms with Crippen molar-refractivity contribution in [1.82, 2.24) is 20.4 Å². The molecule has 4 atom stereocenters. The number of rotatable bonds is 13. The Morgan fingerprint density at radius 2 is 1.43 bits per heavy atom. The lowest BCUT2D eigenvalue weighted by Gasteiger charge is -2.44. The van der Waals surface area contributed by atoms with Crippen LogP contribution < -0.4 is 10.6 Å². The van der Waals surface area contributed by atoms with Crippen LogP contribution in [0.15, 0.2) is 84.9 Å². The quantitative estimate of drug-likeness (QED) is 0.228. The van der Waals surface area contributed by atoms with Crippen molar-refractivity contribution in [1.29, 1.82) is 0 Å². The van der Waals surface area contributed by atoms with Gasteiger partial charge in [-0.2, -0.15) is 0 Å². The highest BCUT2D eigenvalue weighted by atomic mass is 16.6. The predicted molar refractivity (Wildman–Crippen MR) is 191 cm³/mol. The topological polar surface area (TPSA) is 155 Å². The van der Waals surface area contributed by atoms with Crippen molar-refractivity contribution in [2.75, 3.05) is 19.7 Å². The first-order valence-corrected chi connectivity index (χ1v) is 17.2. The van der Waals surface area contributed by atoms with Crippen molar-refractivity contribution < 1.29 is 38.6 Å². The van der Waals surface area contributed by atoms with Gasteiger partial charge in [-0.05, 0) is 63.4 Å². The summed E-state index contributed by atoms with van der Waals surface area (Å²) in [6, 6.07) is 20.8. The summed E-state index contributed by atoms with van der Waals surface area (Å²) < 4.78 is 10.8. The molecule has 0 saturated carbocycles. The molecule has 12 nitrogen and oxygen atoms in total. The Bertz CT molecular complexity index is 1640. The van der Waals surface area contributed by atoms with Crippen LogP contribution in [0, 0.1) is 0 Å². The summed E-state index contributed by atoms with van der Waals surface area (Å²) in [7, 11) is 0. The highest BCUT2D eigenvalue weighted by molar-refractivity contribution is 5.95. The molecule has 0 spiro atoms. The predicted octanol–water partition coefficient (Wildman–Crippen LogP) is 3.79. The number of benzene rings is 3. The van der Waals surface area contributed by atoms with Crippen molar-refractivity contribution in [3.63, 3.8) is 0 Å². The Labute approximate surface area is 299 Å². The maximum Gasteiger partial charge on any atom is 0.408 e. The molecule has 1 heterocycles. The average molecular weight is 701 g/mol. The van der Waals surface area contributed by atoms with Gasteiger partial charge in [-0.15, -0.1) is 0 Å². The van der Waals surface area contributed by atoms with Crippen LogP contribution in [0.25, 0.3) is 0 Å². The number of phenols is 1. The smallest absolute Gasteiger partial charge is 0.408 e. The number of hydrogen-bond donors (Lipinski definition) is 3. The molecule has 3 aromatic carbocycles. The highest BCUT2D eigenvalue weighted by Crippen LogP contribution is 2.23. The number of carbonyl (C=O) groups excluding carboxylic acids is 5. The Kier molecular flexibility index (Phi) is 13.2. The van der Waals surface area contributed by atoms with Gasteiger partial charge < -0.3 is 35.0 Å². The zero-order valence-corrected chi connectivity index (χ0v) is 29.8. The van der Waals surface area contributed by atoms with E-state index in [1.807, 2.05) is 60.7 Å². The Hall–Kier alpha value is -5.39. The maximum absolute atomic E-state index is 14.4. The second-order valence-electron chi connectivity index (χ2n) is 13.5. The Morgan fingerprint density at radius 3 is 2.02 bits per heavy atom. The third-order valence-electron chi connectivity index (χ3n) is 8.40. The highest BCUT2D eigenvalue weighted by Gasteiger charge is 2.43. The summed E-state index contributed by atoms with van der Waals surface area (Å²) in [6.45, 7) is 8.68. The summed E-state index contributed by atoms with van der Waals surface area (Å²) in [6.07, 6.45) is -0.322. The van der Waals surface area contributed by atoms with E-state index < -0.39 is 59.6 Å². The second kappa shape index (κ2) is 17.5. The molecule has 0 unspecified atom stereocenters. The third kappa shape index (κ3) is 11.1. The molecule has 1 fully saturated rings. The molecule has 0 aromatic heterocycles. The van der Waals surface area contributed by atoms with Gasteiger partial charge in [-0.25, -0.2) is 9.59 Å². The molecule has 3 N–H and O–H groups in total. The van der Waals surface area contributed by atoms with Gasteiger partial charge in [-0.3, -0.25) is 14.4 Å². The number of nitrogens with one attached hydrogen (secondary N) is 2. The van der Waals surface area contributed by atoms with Gasteiger partial charge in [0.2, 0.25) is 17.7 Å². The number of hydrogen-bond acceptors (Lipinski definition) is 8. The summed E-state index contributed by atoms with van der Waals surface area (Å²) in [4.78, 5) is 71.1. The molecule has 272 valence electrons. The fraction of sp³-hybridized carbons (Fsp3) is 0.410. The molecular weight excluding hydrogens is 652 g/mol. The van der Waals surface area contributed by atoms with Gasteiger partial charge in [0.1, 0.15) is 35.5 Å². The van der Waals surface area contributed by atoms with Gasteiger partial charge in [0.25, 0.3) is 0 Å². The number of aromatic hydroxyl groups is 1. The number of amides is 4. The van der Waals surface area contributed by atoms with Crippen LogP contribution in [0.3, 0.4) is 0 Å². The standard InChI is InChI=1S/C39H48N4O8/c1-6-50-37(48)33(25-28-15-11-8-12-16-28)43-22-21-42(32(36(43)47)24-27-13-9-7-10-14-27)35(46)26(2)40-34(45)31(41-38(49)51-39(3,4)5)23-29-17-19-30(44)20-18-29/h7-20,26,31-33,44H,6,21-25H2,1-5H3,(H,40,45)(H,41,49)/t26-,31+,32-,33+/m1/s1. The minimum Gasteiger partial charge on any atom is -0.508 e. The van der Waals surface area contributed by atoms with E-state index in [1.165, 1.54) is 28.9 Å². The molecule has 51 heavy (non-hydrogen) atoms. The van der Waals surface area contributed by atoms with E-state index in [-0.39, 0.29) is 44.7 Å². The van der Waals surface area contributed by atoms with E-state index >= 15 is 0 Å². The molecule has 0 aliphatic carbocycles. The van der Waals surface area contributed by atoms with Gasteiger partial charge in [-0.1, -0.05) is 72.8 Å². The van der Waals surface area contributed by atoms with Gasteiger partial charge in [0.15, 0.2) is 0 Å². The number of nitrogens with zero attached hydrogens (tertiary/aromatic N) is 2. The second-order valence-corrected chi connectivity index (χ2v) is 13.5. The zero-order valence-electron chi connectivity index (χ0n) is 29.8. The molecule has 1 saturated heterocycles. The minimum absolute atomic E-state index is 0.0485. The Balaban J connectivity index is 1.57. The Morgan fingerprint density at radius 1 is 0.843 bits per heavy atom. The molecule has 1 aliphatic rings. The van der Waals surface area contributed by atoms with Crippen molar-refractivity contribution in [3.8, 4) is 5.75 Å². The van der Waals surface area contributed by atoms with E-state index in [9.17, 15) is 29.1 Å². The van der Waals surface area contributed by atoms with Crippen LogP contribution in [-0.4, -0.2) is 94.2 Å². The molecular formula is C39H48N4O8. The van der Waals surface area contributed by atoms with Crippen LogP contribution in [0.5, 0.6) is 5.75 Å². The summed E-state index contributed by atoms with van der Waals surface area (Å²) in [5, 5.41) is 15.0. The molecule has 12 heteroatoms. The van der Waals surface area contributed by atoms with E-state index in [2.05, 4.69) is 10.6 Å². The lowest BCUT2D eigenvalue weighted by Crippen LogP contribution is -2.65. The van der Waals surface area contributed by atoms with Crippen LogP contribution in [0.2, 0.25) is 0 Å². The van der Waals surface area contributed by atoms with Crippen LogP contribution in [0.4, 0.5) is 4.79 Å². The summed E-state index contributed by atoms with van der Waals surface area (Å²) in [5.74, 6) is -2.00. The lowest BCUT2D eigenvalue weighted by atomic mass is 9.97. The molecule has 3 aromatic rings. The first-order chi connectivity index (χ1) is 24.3. The normalized spacial score (nSPS) is 16.4. The number of carbonyl (C=O) groups is 5. The monoisotopic (exact) mass is 700 g/mol. The van der Waals surface area contributed by atoms with Crippen LogP contribution in [0.1, 0.15) is 51.3 Å². The average Bonchev–Trinajstić information content (AvgIpc) is 3.08. The molecule has 0 radical (unpaired) electrons. The fourth-order valence-electron chi connectivity index (χ4n) is 5.96. The molecule has 4 rings (SSSR count). The van der Waals surface area contributed by atoms with Gasteiger partial charge in [0, 0.05) is 32.4 Å².